The number of para-hydroxylation sites is 2. The number of nitrogens with one attached hydrogen (secondary N) is 1. The average molecular weight is 377 g/mol. The van der Waals surface area contributed by atoms with Gasteiger partial charge in [0.15, 0.2) is 5.82 Å². The maximum atomic E-state index is 13.1. The van der Waals surface area contributed by atoms with Crippen molar-refractivity contribution in [3.63, 3.8) is 0 Å². The van der Waals surface area contributed by atoms with Gasteiger partial charge in [0.1, 0.15) is 0 Å². The van der Waals surface area contributed by atoms with E-state index in [1.54, 1.807) is 17.0 Å². The molecule has 3 heterocycles. The summed E-state index contributed by atoms with van der Waals surface area (Å²) in [6.45, 7) is 2.48. The van der Waals surface area contributed by atoms with Crippen molar-refractivity contribution in [1.82, 2.24) is 19.9 Å². The Bertz CT molecular complexity index is 1030. The number of aryl methyl sites for hydroxylation is 1. The third kappa shape index (κ3) is 3.88. The minimum Gasteiger partial charge on any atom is -0.352 e. The van der Waals surface area contributed by atoms with Gasteiger partial charge in [-0.1, -0.05) is 12.1 Å². The molecule has 1 aliphatic heterocycles. The Balaban J connectivity index is 1.53. The number of nitrogens with zero attached hydrogens (tertiary/aromatic N) is 4. The van der Waals surface area contributed by atoms with Crippen LogP contribution in [0.25, 0.3) is 11.0 Å². The van der Waals surface area contributed by atoms with Gasteiger partial charge in [-0.25, -0.2) is 4.98 Å². The van der Waals surface area contributed by atoms with Crippen LogP contribution in [0, 0.1) is 0 Å². The van der Waals surface area contributed by atoms with Gasteiger partial charge in [-0.3, -0.25) is 14.6 Å². The second kappa shape index (κ2) is 8.21. The lowest BCUT2D eigenvalue weighted by molar-refractivity contribution is -0.121. The molecule has 4 rings (SSSR count). The summed E-state index contributed by atoms with van der Waals surface area (Å²) in [5, 5.41) is 2.90. The van der Waals surface area contributed by atoms with Crippen molar-refractivity contribution in [2.24, 2.45) is 0 Å². The molecule has 144 valence electrons. The van der Waals surface area contributed by atoms with Crippen LogP contribution in [0.3, 0.4) is 0 Å². The predicted molar refractivity (Wildman–Crippen MR) is 108 cm³/mol. The number of hydrogen-bond acceptors (Lipinski definition) is 5. The molecule has 0 aliphatic carbocycles. The maximum absolute atomic E-state index is 13.1. The summed E-state index contributed by atoms with van der Waals surface area (Å²) in [7, 11) is 0. The average Bonchev–Trinajstić information content (AvgIpc) is 3.26. The largest absolute Gasteiger partial charge is 0.352 e. The van der Waals surface area contributed by atoms with E-state index in [0.29, 0.717) is 18.9 Å². The van der Waals surface area contributed by atoms with Crippen LogP contribution in [0.2, 0.25) is 0 Å². The van der Waals surface area contributed by atoms with Gasteiger partial charge < -0.3 is 14.8 Å². The fourth-order valence-corrected chi connectivity index (χ4v) is 3.54. The Morgan fingerprint density at radius 2 is 1.82 bits per heavy atom. The molecule has 3 aromatic rings. The van der Waals surface area contributed by atoms with E-state index in [1.807, 2.05) is 36.4 Å². The lowest BCUT2D eigenvalue weighted by Crippen LogP contribution is -2.33. The fraction of sp³-hybridized carbons (Fsp3) is 0.333. The Kier molecular flexibility index (Phi) is 5.32. The highest BCUT2D eigenvalue weighted by molar-refractivity contribution is 5.78. The summed E-state index contributed by atoms with van der Waals surface area (Å²) in [6, 6.07) is 11.3. The van der Waals surface area contributed by atoms with E-state index in [9.17, 15) is 9.59 Å². The van der Waals surface area contributed by atoms with Crippen LogP contribution in [0.4, 0.5) is 5.82 Å². The molecule has 28 heavy (non-hydrogen) atoms. The van der Waals surface area contributed by atoms with Crippen LogP contribution < -0.4 is 15.8 Å². The molecule has 1 aliphatic rings. The molecule has 1 N–H and O–H groups in total. The maximum Gasteiger partial charge on any atom is 0.294 e. The Hall–Kier alpha value is -3.22. The Labute approximate surface area is 163 Å². The van der Waals surface area contributed by atoms with Crippen LogP contribution in [0.15, 0.2) is 53.6 Å². The van der Waals surface area contributed by atoms with Gasteiger partial charge in [0.05, 0.1) is 11.0 Å². The number of aromatic nitrogens is 3. The van der Waals surface area contributed by atoms with E-state index in [-0.39, 0.29) is 17.9 Å². The van der Waals surface area contributed by atoms with E-state index < -0.39 is 0 Å². The molecule has 1 saturated heterocycles. The zero-order valence-electron chi connectivity index (χ0n) is 15.7. The van der Waals surface area contributed by atoms with Crippen molar-refractivity contribution in [2.45, 2.75) is 32.4 Å². The fourth-order valence-electron chi connectivity index (χ4n) is 3.54. The molecule has 0 bridgehead atoms. The number of fused-ring (bicyclic) bond motifs is 1. The Morgan fingerprint density at radius 3 is 2.61 bits per heavy atom. The van der Waals surface area contributed by atoms with Crippen molar-refractivity contribution in [3.05, 3.63) is 64.7 Å². The molecular weight excluding hydrogens is 354 g/mol. The van der Waals surface area contributed by atoms with E-state index in [2.05, 4.69) is 20.2 Å². The molecule has 0 unspecified atom stereocenters. The van der Waals surface area contributed by atoms with Gasteiger partial charge in [0.25, 0.3) is 5.56 Å². The van der Waals surface area contributed by atoms with Gasteiger partial charge in [-0.15, -0.1) is 0 Å². The van der Waals surface area contributed by atoms with E-state index in [4.69, 9.17) is 0 Å². The quantitative estimate of drug-likeness (QED) is 0.712. The first-order valence-electron chi connectivity index (χ1n) is 9.62. The molecular formula is C21H23N5O2. The van der Waals surface area contributed by atoms with E-state index in [0.717, 1.165) is 42.5 Å². The van der Waals surface area contributed by atoms with Crippen LogP contribution in [0.1, 0.15) is 24.8 Å². The third-order valence-electron chi connectivity index (χ3n) is 5.04. The lowest BCUT2D eigenvalue weighted by Gasteiger charge is -2.19. The van der Waals surface area contributed by atoms with Crippen LogP contribution in [-0.2, 0) is 17.9 Å². The normalized spacial score (nSPS) is 13.8. The van der Waals surface area contributed by atoms with E-state index in [1.165, 1.54) is 0 Å². The number of benzene rings is 1. The SMILES string of the molecule is O=C(CCn1c(=O)c(N2CCCC2)nc2ccccc21)NCc1ccncc1. The molecule has 0 radical (unpaired) electrons. The number of hydrogen-bond donors (Lipinski definition) is 1. The zero-order chi connectivity index (χ0) is 19.3. The van der Waals surface area contributed by atoms with Crippen molar-refractivity contribution >= 4 is 22.8 Å². The van der Waals surface area contributed by atoms with Crippen molar-refractivity contribution in [1.29, 1.82) is 0 Å². The highest BCUT2D eigenvalue weighted by Gasteiger charge is 2.20. The molecule has 1 aromatic carbocycles. The van der Waals surface area contributed by atoms with Gasteiger partial charge in [-0.2, -0.15) is 0 Å². The van der Waals surface area contributed by atoms with Crippen molar-refractivity contribution < 1.29 is 4.79 Å². The number of pyridine rings is 1. The first-order valence-corrected chi connectivity index (χ1v) is 9.62. The minimum atomic E-state index is -0.123. The third-order valence-corrected chi connectivity index (χ3v) is 5.04. The van der Waals surface area contributed by atoms with Gasteiger partial charge in [0.2, 0.25) is 5.91 Å². The second-order valence-corrected chi connectivity index (χ2v) is 6.96. The summed E-state index contributed by atoms with van der Waals surface area (Å²) in [5.74, 6) is 0.403. The van der Waals surface area contributed by atoms with E-state index >= 15 is 0 Å². The van der Waals surface area contributed by atoms with Crippen LogP contribution >= 0.6 is 0 Å². The Morgan fingerprint density at radius 1 is 1.07 bits per heavy atom. The molecule has 1 amide bonds. The van der Waals surface area contributed by atoms with Crippen LogP contribution in [0.5, 0.6) is 0 Å². The van der Waals surface area contributed by atoms with Gasteiger partial charge >= 0.3 is 0 Å². The number of carbonyl (C=O) groups is 1. The number of carbonyl (C=O) groups excluding carboxylic acids is 1. The first kappa shape index (κ1) is 18.2. The van der Waals surface area contributed by atoms with Gasteiger partial charge in [-0.05, 0) is 42.7 Å². The highest BCUT2D eigenvalue weighted by Crippen LogP contribution is 2.18. The standard InChI is InChI=1S/C21H23N5O2/c27-19(23-15-16-7-10-22-11-8-16)9-14-26-18-6-2-1-5-17(18)24-20(21(26)28)25-12-3-4-13-25/h1-2,5-8,10-11H,3-4,9,12-15H2,(H,23,27). The molecule has 0 spiro atoms. The molecule has 7 nitrogen and oxygen atoms in total. The molecule has 2 aromatic heterocycles. The smallest absolute Gasteiger partial charge is 0.294 e. The summed E-state index contributed by atoms with van der Waals surface area (Å²) >= 11 is 0. The van der Waals surface area contributed by atoms with Gasteiger partial charge in [0, 0.05) is 45.0 Å². The number of anilines is 1. The molecule has 7 heteroatoms. The monoisotopic (exact) mass is 377 g/mol. The predicted octanol–water partition coefficient (Wildman–Crippen LogP) is 2.10. The summed E-state index contributed by atoms with van der Waals surface area (Å²) in [5.41, 5.74) is 2.41. The number of amides is 1. The summed E-state index contributed by atoms with van der Waals surface area (Å²) < 4.78 is 1.68. The molecule has 0 saturated carbocycles. The molecule has 0 atom stereocenters. The topological polar surface area (TPSA) is 80.1 Å². The summed E-state index contributed by atoms with van der Waals surface area (Å²) in [6.07, 6.45) is 5.78. The molecule has 1 fully saturated rings. The van der Waals surface area contributed by atoms with Crippen LogP contribution in [-0.4, -0.2) is 33.5 Å². The highest BCUT2D eigenvalue weighted by atomic mass is 16.2. The zero-order valence-corrected chi connectivity index (χ0v) is 15.7. The second-order valence-electron chi connectivity index (χ2n) is 6.96. The summed E-state index contributed by atoms with van der Waals surface area (Å²) in [4.78, 5) is 36.0. The van der Waals surface area contributed by atoms with Crippen molar-refractivity contribution in [3.8, 4) is 0 Å². The number of rotatable bonds is 6. The van der Waals surface area contributed by atoms with Crippen molar-refractivity contribution in [2.75, 3.05) is 18.0 Å². The minimum absolute atomic E-state index is 0.0904. The first-order chi connectivity index (χ1) is 13.7. The lowest BCUT2D eigenvalue weighted by atomic mass is 10.2.